The summed E-state index contributed by atoms with van der Waals surface area (Å²) in [5, 5.41) is 9.44. The van der Waals surface area contributed by atoms with Crippen molar-refractivity contribution in [1.82, 2.24) is 4.90 Å². The standard InChI is InChI=1S/C10H19NO3/c1-8(12)9-4-3-5-11(6-9)7-10(13)14-2/h8-9,12H,3-7H2,1-2H3. The van der Waals surface area contributed by atoms with Crippen molar-refractivity contribution in [2.45, 2.75) is 25.9 Å². The van der Waals surface area contributed by atoms with E-state index < -0.39 is 0 Å². The number of carbonyl (C=O) groups excluding carboxylic acids is 1. The molecule has 1 saturated heterocycles. The lowest BCUT2D eigenvalue weighted by atomic mass is 9.93. The first-order valence-corrected chi connectivity index (χ1v) is 5.10. The molecule has 4 heteroatoms. The molecule has 82 valence electrons. The summed E-state index contributed by atoms with van der Waals surface area (Å²) in [5.41, 5.74) is 0. The Morgan fingerprint density at radius 2 is 2.43 bits per heavy atom. The zero-order valence-corrected chi connectivity index (χ0v) is 8.90. The van der Waals surface area contributed by atoms with Crippen LogP contribution in [0.1, 0.15) is 19.8 Å². The van der Waals surface area contributed by atoms with Crippen LogP contribution in [0.5, 0.6) is 0 Å². The Hall–Kier alpha value is -0.610. The van der Waals surface area contributed by atoms with Crippen LogP contribution in [0.4, 0.5) is 0 Å². The highest BCUT2D eigenvalue weighted by Gasteiger charge is 2.24. The van der Waals surface area contributed by atoms with Gasteiger partial charge in [0.05, 0.1) is 19.8 Å². The number of carbonyl (C=O) groups is 1. The molecule has 0 saturated carbocycles. The van der Waals surface area contributed by atoms with Crippen molar-refractivity contribution in [1.29, 1.82) is 0 Å². The Labute approximate surface area is 84.8 Å². The molecule has 1 N–H and O–H groups in total. The van der Waals surface area contributed by atoms with Crippen LogP contribution < -0.4 is 0 Å². The van der Waals surface area contributed by atoms with Crippen molar-refractivity contribution in [3.05, 3.63) is 0 Å². The molecule has 0 amide bonds. The smallest absolute Gasteiger partial charge is 0.319 e. The zero-order chi connectivity index (χ0) is 10.6. The number of hydrogen-bond acceptors (Lipinski definition) is 4. The monoisotopic (exact) mass is 201 g/mol. The van der Waals surface area contributed by atoms with E-state index in [2.05, 4.69) is 4.74 Å². The lowest BCUT2D eigenvalue weighted by Gasteiger charge is -2.33. The van der Waals surface area contributed by atoms with Crippen LogP contribution in [0.15, 0.2) is 0 Å². The Morgan fingerprint density at radius 3 is 3.00 bits per heavy atom. The maximum Gasteiger partial charge on any atom is 0.319 e. The summed E-state index contributed by atoms with van der Waals surface area (Å²) >= 11 is 0. The van der Waals surface area contributed by atoms with Crippen LogP contribution >= 0.6 is 0 Å². The molecule has 1 aliphatic heterocycles. The molecular formula is C10H19NO3. The van der Waals surface area contributed by atoms with Crippen LogP contribution in [0, 0.1) is 5.92 Å². The van der Waals surface area contributed by atoms with Gasteiger partial charge in [0.25, 0.3) is 0 Å². The fraction of sp³-hybridized carbons (Fsp3) is 0.900. The van der Waals surface area contributed by atoms with Gasteiger partial charge in [0.2, 0.25) is 0 Å². The summed E-state index contributed by atoms with van der Waals surface area (Å²) in [7, 11) is 1.40. The van der Waals surface area contributed by atoms with Crippen molar-refractivity contribution in [3.63, 3.8) is 0 Å². The lowest BCUT2D eigenvalue weighted by Crippen LogP contribution is -2.42. The van der Waals surface area contributed by atoms with Crippen molar-refractivity contribution in [2.24, 2.45) is 5.92 Å². The molecule has 1 rings (SSSR count). The zero-order valence-electron chi connectivity index (χ0n) is 8.90. The van der Waals surface area contributed by atoms with Crippen molar-refractivity contribution in [3.8, 4) is 0 Å². The summed E-state index contributed by atoms with van der Waals surface area (Å²) in [6.45, 7) is 3.89. The quantitative estimate of drug-likeness (QED) is 0.665. The highest BCUT2D eigenvalue weighted by molar-refractivity contribution is 5.71. The molecule has 0 aliphatic carbocycles. The van der Waals surface area contributed by atoms with Crippen LogP contribution in [0.25, 0.3) is 0 Å². The summed E-state index contributed by atoms with van der Waals surface area (Å²) in [6, 6.07) is 0. The Balaban J connectivity index is 2.36. The number of piperidine rings is 1. The van der Waals surface area contributed by atoms with Gasteiger partial charge in [-0.2, -0.15) is 0 Å². The SMILES string of the molecule is COC(=O)CN1CCCC(C(C)O)C1. The fourth-order valence-electron chi connectivity index (χ4n) is 1.88. The van der Waals surface area contributed by atoms with E-state index in [1.807, 2.05) is 11.8 Å². The van der Waals surface area contributed by atoms with Crippen molar-refractivity contribution in [2.75, 3.05) is 26.7 Å². The van der Waals surface area contributed by atoms with E-state index in [4.69, 9.17) is 0 Å². The molecule has 0 aromatic heterocycles. The van der Waals surface area contributed by atoms with Gasteiger partial charge in [0.15, 0.2) is 0 Å². The number of aliphatic hydroxyl groups is 1. The predicted molar refractivity (Wildman–Crippen MR) is 52.9 cm³/mol. The minimum atomic E-state index is -0.282. The highest BCUT2D eigenvalue weighted by atomic mass is 16.5. The highest BCUT2D eigenvalue weighted by Crippen LogP contribution is 2.19. The molecule has 0 spiro atoms. The van der Waals surface area contributed by atoms with Crippen LogP contribution in [-0.4, -0.2) is 48.8 Å². The van der Waals surface area contributed by atoms with Crippen molar-refractivity contribution < 1.29 is 14.6 Å². The fourth-order valence-corrected chi connectivity index (χ4v) is 1.88. The van der Waals surface area contributed by atoms with E-state index in [-0.39, 0.29) is 12.1 Å². The van der Waals surface area contributed by atoms with Gasteiger partial charge >= 0.3 is 5.97 Å². The molecular weight excluding hydrogens is 182 g/mol. The van der Waals surface area contributed by atoms with Gasteiger partial charge in [-0.1, -0.05) is 0 Å². The van der Waals surface area contributed by atoms with Gasteiger partial charge in [0.1, 0.15) is 0 Å². The Kier molecular flexibility index (Phi) is 4.35. The second kappa shape index (κ2) is 5.32. The number of rotatable bonds is 3. The summed E-state index contributed by atoms with van der Waals surface area (Å²) < 4.78 is 4.61. The minimum Gasteiger partial charge on any atom is -0.468 e. The van der Waals surface area contributed by atoms with Crippen LogP contribution in [0.3, 0.4) is 0 Å². The topological polar surface area (TPSA) is 49.8 Å². The molecule has 2 unspecified atom stereocenters. The molecule has 14 heavy (non-hydrogen) atoms. The third-order valence-corrected chi connectivity index (χ3v) is 2.80. The van der Waals surface area contributed by atoms with Gasteiger partial charge in [-0.05, 0) is 32.2 Å². The maximum atomic E-state index is 11.0. The first-order valence-electron chi connectivity index (χ1n) is 5.10. The van der Waals surface area contributed by atoms with E-state index in [9.17, 15) is 9.90 Å². The summed E-state index contributed by atoms with van der Waals surface area (Å²) in [5.74, 6) is 0.102. The number of aliphatic hydroxyl groups excluding tert-OH is 1. The predicted octanol–water partition coefficient (Wildman–Crippen LogP) is 0.252. The van der Waals surface area contributed by atoms with Crippen LogP contribution in [-0.2, 0) is 9.53 Å². The molecule has 1 fully saturated rings. The number of likely N-dealkylation sites (tertiary alicyclic amines) is 1. The summed E-state index contributed by atoms with van der Waals surface area (Å²) in [6.07, 6.45) is 1.82. The molecule has 1 aliphatic rings. The number of hydrogen-bond donors (Lipinski definition) is 1. The molecule has 0 aromatic carbocycles. The second-order valence-electron chi connectivity index (χ2n) is 3.95. The first-order chi connectivity index (χ1) is 6.63. The number of esters is 1. The van der Waals surface area contributed by atoms with Gasteiger partial charge < -0.3 is 9.84 Å². The second-order valence-corrected chi connectivity index (χ2v) is 3.95. The maximum absolute atomic E-state index is 11.0. The molecule has 0 aromatic rings. The van der Waals surface area contributed by atoms with E-state index in [0.29, 0.717) is 12.5 Å². The molecule has 1 heterocycles. The van der Waals surface area contributed by atoms with Gasteiger partial charge in [-0.15, -0.1) is 0 Å². The number of ether oxygens (including phenoxy) is 1. The third-order valence-electron chi connectivity index (χ3n) is 2.80. The average Bonchev–Trinajstić information content (AvgIpc) is 2.18. The van der Waals surface area contributed by atoms with E-state index >= 15 is 0 Å². The van der Waals surface area contributed by atoms with Gasteiger partial charge in [0, 0.05) is 6.54 Å². The Bertz CT molecular complexity index is 194. The average molecular weight is 201 g/mol. The normalized spacial score (nSPS) is 25.8. The van der Waals surface area contributed by atoms with E-state index in [1.165, 1.54) is 7.11 Å². The molecule has 0 radical (unpaired) electrons. The van der Waals surface area contributed by atoms with Gasteiger partial charge in [-0.25, -0.2) is 0 Å². The molecule has 0 bridgehead atoms. The Morgan fingerprint density at radius 1 is 1.71 bits per heavy atom. The van der Waals surface area contributed by atoms with Gasteiger partial charge in [-0.3, -0.25) is 9.69 Å². The lowest BCUT2D eigenvalue weighted by molar-refractivity contribution is -0.142. The minimum absolute atomic E-state index is 0.198. The largest absolute Gasteiger partial charge is 0.468 e. The summed E-state index contributed by atoms with van der Waals surface area (Å²) in [4.78, 5) is 13.1. The first kappa shape index (κ1) is 11.5. The molecule has 2 atom stereocenters. The van der Waals surface area contributed by atoms with E-state index in [1.54, 1.807) is 0 Å². The molecule has 4 nitrogen and oxygen atoms in total. The van der Waals surface area contributed by atoms with Crippen LogP contribution in [0.2, 0.25) is 0 Å². The van der Waals surface area contributed by atoms with Crippen molar-refractivity contribution >= 4 is 5.97 Å². The third kappa shape index (κ3) is 3.27. The number of nitrogens with zero attached hydrogens (tertiary/aromatic N) is 1. The number of methoxy groups -OCH3 is 1. The van der Waals surface area contributed by atoms with E-state index in [0.717, 1.165) is 25.9 Å².